The number of urea groups is 1. The third-order valence-electron chi connectivity index (χ3n) is 8.11. The number of aliphatic hydroxyl groups excluding tert-OH is 1. The maximum atomic E-state index is 13.7. The van der Waals surface area contributed by atoms with E-state index < -0.39 is 23.9 Å². The minimum atomic E-state index is -4.39. The molecule has 0 unspecified atom stereocenters. The number of hydrogen-bond acceptors (Lipinski definition) is 5. The molecular formula is C31H41F3N4O4. The Bertz CT molecular complexity index is 1220. The molecule has 0 bridgehead atoms. The number of benzene rings is 2. The molecule has 3 N–H and O–H groups in total. The molecule has 1 aliphatic heterocycles. The van der Waals surface area contributed by atoms with Crippen LogP contribution in [0, 0.1) is 5.92 Å². The predicted octanol–water partition coefficient (Wildman–Crippen LogP) is 5.51. The van der Waals surface area contributed by atoms with Crippen molar-refractivity contribution in [3.05, 3.63) is 59.2 Å². The van der Waals surface area contributed by atoms with Crippen molar-refractivity contribution in [3.63, 3.8) is 0 Å². The molecule has 0 spiro atoms. The van der Waals surface area contributed by atoms with E-state index in [9.17, 15) is 27.9 Å². The van der Waals surface area contributed by atoms with Gasteiger partial charge in [-0.05, 0) is 56.6 Å². The third kappa shape index (κ3) is 7.95. The van der Waals surface area contributed by atoms with E-state index in [-0.39, 0.29) is 41.8 Å². The van der Waals surface area contributed by atoms with Crippen LogP contribution in [0.1, 0.15) is 67.4 Å². The number of fused-ring (bicyclic) bond motifs is 1. The average Bonchev–Trinajstić information content (AvgIpc) is 2.95. The quantitative estimate of drug-likeness (QED) is 0.377. The highest BCUT2D eigenvalue weighted by atomic mass is 19.4. The highest BCUT2D eigenvalue weighted by Gasteiger charge is 2.35. The summed E-state index contributed by atoms with van der Waals surface area (Å²) in [4.78, 5) is 30.2. The fourth-order valence-electron chi connectivity index (χ4n) is 5.63. The van der Waals surface area contributed by atoms with Gasteiger partial charge in [0.25, 0.3) is 5.91 Å². The van der Waals surface area contributed by atoms with Crippen molar-refractivity contribution in [3.8, 4) is 5.75 Å². The first-order chi connectivity index (χ1) is 20.0. The average molecular weight is 591 g/mol. The molecule has 8 nitrogen and oxygen atoms in total. The van der Waals surface area contributed by atoms with Crippen LogP contribution in [0.5, 0.6) is 5.75 Å². The van der Waals surface area contributed by atoms with Crippen LogP contribution < -0.4 is 15.4 Å². The monoisotopic (exact) mass is 590 g/mol. The van der Waals surface area contributed by atoms with Crippen molar-refractivity contribution in [1.82, 2.24) is 15.1 Å². The second-order valence-corrected chi connectivity index (χ2v) is 11.6. The van der Waals surface area contributed by atoms with Gasteiger partial charge in [0.1, 0.15) is 6.10 Å². The molecule has 2 aromatic rings. The number of alkyl halides is 3. The van der Waals surface area contributed by atoms with Crippen molar-refractivity contribution in [2.45, 2.75) is 76.9 Å². The fourth-order valence-corrected chi connectivity index (χ4v) is 5.63. The molecule has 42 heavy (non-hydrogen) atoms. The minimum absolute atomic E-state index is 0.0966. The number of amides is 3. The number of nitrogens with one attached hydrogen (secondary N) is 2. The second-order valence-electron chi connectivity index (χ2n) is 11.6. The number of anilines is 1. The van der Waals surface area contributed by atoms with Crippen molar-refractivity contribution < 1.29 is 32.6 Å². The number of rotatable bonds is 8. The minimum Gasteiger partial charge on any atom is -0.486 e. The molecule has 0 aromatic heterocycles. The van der Waals surface area contributed by atoms with Gasteiger partial charge in [-0.2, -0.15) is 13.2 Å². The summed E-state index contributed by atoms with van der Waals surface area (Å²) in [5, 5.41) is 15.8. The van der Waals surface area contributed by atoms with Gasteiger partial charge < -0.3 is 25.4 Å². The van der Waals surface area contributed by atoms with Gasteiger partial charge >= 0.3 is 12.2 Å². The zero-order chi connectivity index (χ0) is 30.4. The van der Waals surface area contributed by atoms with Crippen molar-refractivity contribution in [2.24, 2.45) is 5.92 Å². The number of ether oxygens (including phenoxy) is 1. The number of para-hydroxylation sites is 1. The third-order valence-corrected chi connectivity index (χ3v) is 8.11. The molecule has 3 atom stereocenters. The molecule has 2 aliphatic rings. The van der Waals surface area contributed by atoms with E-state index in [2.05, 4.69) is 10.6 Å². The van der Waals surface area contributed by atoms with E-state index in [1.165, 1.54) is 12.1 Å². The van der Waals surface area contributed by atoms with E-state index >= 15 is 0 Å². The molecule has 1 saturated carbocycles. The Morgan fingerprint density at radius 1 is 1.14 bits per heavy atom. The standard InChI is InChI=1S/C31H41F3N4O4/c1-20-16-38(21(2)19-39)29(40)25-10-7-11-26(36-30(41)35-24-8-5-4-6-9-24)28(25)42-27(20)18-37(3)17-22-12-14-23(15-13-22)31(32,33)34/h7,10-15,20-21,24,27,39H,4-6,8-9,16-19H2,1-3H3,(H2,35,36,41)/t20-,21+,27+/m1/s1. The molecule has 2 aromatic carbocycles. The molecule has 1 aliphatic carbocycles. The number of carbonyl (C=O) groups excluding carboxylic acids is 2. The molecule has 3 amide bonds. The second kappa shape index (κ2) is 13.8. The summed E-state index contributed by atoms with van der Waals surface area (Å²) in [7, 11) is 1.86. The molecular weight excluding hydrogens is 549 g/mol. The van der Waals surface area contributed by atoms with Gasteiger partial charge in [-0.3, -0.25) is 9.69 Å². The van der Waals surface area contributed by atoms with E-state index in [0.29, 0.717) is 25.3 Å². The first kappa shape index (κ1) is 31.6. The van der Waals surface area contributed by atoms with Gasteiger partial charge in [-0.15, -0.1) is 0 Å². The highest BCUT2D eigenvalue weighted by molar-refractivity contribution is 6.01. The number of nitrogens with zero attached hydrogens (tertiary/aromatic N) is 2. The van der Waals surface area contributed by atoms with E-state index in [1.807, 2.05) is 18.9 Å². The van der Waals surface area contributed by atoms with Gasteiger partial charge in [0, 0.05) is 31.6 Å². The summed E-state index contributed by atoms with van der Waals surface area (Å²) in [6, 6.07) is 9.41. The normalized spacial score (nSPS) is 20.8. The molecule has 11 heteroatoms. The predicted molar refractivity (Wildman–Crippen MR) is 154 cm³/mol. The zero-order valence-electron chi connectivity index (χ0n) is 24.4. The topological polar surface area (TPSA) is 94.1 Å². The van der Waals surface area contributed by atoms with Crippen molar-refractivity contribution in [1.29, 1.82) is 0 Å². The maximum Gasteiger partial charge on any atom is 0.416 e. The molecule has 0 saturated heterocycles. The first-order valence-electron chi connectivity index (χ1n) is 14.6. The van der Waals surface area contributed by atoms with Gasteiger partial charge in [-0.1, -0.05) is 44.4 Å². The lowest BCUT2D eigenvalue weighted by molar-refractivity contribution is -0.137. The molecule has 1 fully saturated rings. The molecule has 4 rings (SSSR count). The Morgan fingerprint density at radius 3 is 2.48 bits per heavy atom. The van der Waals surface area contributed by atoms with Gasteiger partial charge in [-0.25, -0.2) is 4.79 Å². The highest BCUT2D eigenvalue weighted by Crippen LogP contribution is 2.35. The number of carbonyl (C=O) groups is 2. The van der Waals surface area contributed by atoms with Gasteiger partial charge in [0.15, 0.2) is 5.75 Å². The summed E-state index contributed by atoms with van der Waals surface area (Å²) < 4.78 is 45.5. The maximum absolute atomic E-state index is 13.7. The lowest BCUT2D eigenvalue weighted by Gasteiger charge is -2.38. The fraction of sp³-hybridized carbons (Fsp3) is 0.548. The smallest absolute Gasteiger partial charge is 0.416 e. The van der Waals surface area contributed by atoms with Crippen LogP contribution in [-0.4, -0.2) is 71.8 Å². The largest absolute Gasteiger partial charge is 0.486 e. The summed E-state index contributed by atoms with van der Waals surface area (Å²) in [5.74, 6) is -0.211. The van der Waals surface area contributed by atoms with Gasteiger partial charge in [0.05, 0.1) is 29.5 Å². The van der Waals surface area contributed by atoms with Crippen LogP contribution in [-0.2, 0) is 12.7 Å². The number of likely N-dealkylation sites (N-methyl/N-ethyl adjacent to an activating group) is 1. The molecule has 0 radical (unpaired) electrons. The van der Waals surface area contributed by atoms with Gasteiger partial charge in [0.2, 0.25) is 0 Å². The van der Waals surface area contributed by atoms with E-state index in [1.54, 1.807) is 30.0 Å². The van der Waals surface area contributed by atoms with Crippen LogP contribution in [0.15, 0.2) is 42.5 Å². The Morgan fingerprint density at radius 2 is 1.83 bits per heavy atom. The molecule has 230 valence electrons. The van der Waals surface area contributed by atoms with Crippen LogP contribution in [0.3, 0.4) is 0 Å². The van der Waals surface area contributed by atoms with Crippen LogP contribution >= 0.6 is 0 Å². The Labute approximate surface area is 245 Å². The summed E-state index contributed by atoms with van der Waals surface area (Å²) in [6.07, 6.45) is 0.325. The number of halogens is 3. The first-order valence-corrected chi connectivity index (χ1v) is 14.6. The van der Waals surface area contributed by atoms with E-state index in [4.69, 9.17) is 4.74 Å². The van der Waals surface area contributed by atoms with Crippen LogP contribution in [0.4, 0.5) is 23.7 Å². The van der Waals surface area contributed by atoms with Crippen LogP contribution in [0.2, 0.25) is 0 Å². The van der Waals surface area contributed by atoms with E-state index in [0.717, 1.165) is 49.8 Å². The Hall–Kier alpha value is -3.31. The summed E-state index contributed by atoms with van der Waals surface area (Å²) >= 11 is 0. The lowest BCUT2D eigenvalue weighted by atomic mass is 9.96. The Balaban J connectivity index is 1.57. The van der Waals surface area contributed by atoms with Crippen molar-refractivity contribution in [2.75, 3.05) is 32.1 Å². The Kier molecular flexibility index (Phi) is 10.4. The number of aliphatic hydroxyl groups is 1. The van der Waals surface area contributed by atoms with Crippen LogP contribution in [0.25, 0.3) is 0 Å². The summed E-state index contributed by atoms with van der Waals surface area (Å²) in [6.45, 7) is 4.64. The number of hydrogen-bond donors (Lipinski definition) is 3. The van der Waals surface area contributed by atoms with Crippen molar-refractivity contribution >= 4 is 17.6 Å². The zero-order valence-corrected chi connectivity index (χ0v) is 24.4. The SMILES string of the molecule is C[C@@H]1CN([C@@H](C)CO)C(=O)c2cccc(NC(=O)NC3CCCCC3)c2O[C@H]1CN(C)Cc1ccc(C(F)(F)F)cc1. The summed E-state index contributed by atoms with van der Waals surface area (Å²) in [5.41, 5.74) is 0.679. The lowest BCUT2D eigenvalue weighted by Crippen LogP contribution is -2.50. The molecule has 1 heterocycles.